The van der Waals surface area contributed by atoms with Crippen molar-refractivity contribution >= 4 is 11.6 Å². The summed E-state index contributed by atoms with van der Waals surface area (Å²) in [4.78, 5) is -0.0521. The summed E-state index contributed by atoms with van der Waals surface area (Å²) in [6, 6.07) is 0. The van der Waals surface area contributed by atoms with Gasteiger partial charge in [-0.25, -0.2) is 0 Å². The summed E-state index contributed by atoms with van der Waals surface area (Å²) >= 11 is 6.08. The summed E-state index contributed by atoms with van der Waals surface area (Å²) in [5.41, 5.74) is 0. The normalized spacial score (nSPS) is 12.0. The van der Waals surface area contributed by atoms with Crippen LogP contribution in [-0.4, -0.2) is 4.87 Å². The monoisotopic (exact) mass is 147 g/mol. The van der Waals surface area contributed by atoms with Crippen LogP contribution in [0.25, 0.3) is 0 Å². The van der Waals surface area contributed by atoms with Gasteiger partial charge in [-0.15, -0.1) is 11.6 Å². The van der Waals surface area contributed by atoms with E-state index >= 15 is 0 Å². The van der Waals surface area contributed by atoms with Gasteiger partial charge in [0.2, 0.25) is 0 Å². The summed E-state index contributed by atoms with van der Waals surface area (Å²) in [6.07, 6.45) is 5.48. The first-order valence-corrected chi connectivity index (χ1v) is 4.03. The molecule has 0 aliphatic rings. The molecule has 0 saturated heterocycles. The predicted molar refractivity (Wildman–Crippen MR) is 43.8 cm³/mol. The Balaban J connectivity index is 3.43. The van der Waals surface area contributed by atoms with E-state index in [0.717, 1.165) is 19.3 Å². The molecule has 0 aromatic heterocycles. The highest BCUT2D eigenvalue weighted by atomic mass is 35.5. The summed E-state index contributed by atoms with van der Waals surface area (Å²) in [5, 5.41) is 0. The van der Waals surface area contributed by atoms with Crippen LogP contribution in [0, 0.1) is 6.42 Å². The number of rotatable bonds is 4. The molecule has 1 unspecified atom stereocenters. The molecule has 0 aliphatic heterocycles. The lowest BCUT2D eigenvalue weighted by Gasteiger charge is -2.19. The Bertz CT molecular complexity index is 59.0. The van der Waals surface area contributed by atoms with Crippen molar-refractivity contribution in [3.63, 3.8) is 0 Å². The Morgan fingerprint density at radius 1 is 1.44 bits per heavy atom. The second kappa shape index (κ2) is 4.16. The average Bonchev–Trinajstić information content (AvgIpc) is 1.64. The zero-order valence-electron chi connectivity index (χ0n) is 6.58. The van der Waals surface area contributed by atoms with Crippen LogP contribution in [-0.2, 0) is 0 Å². The Hall–Kier alpha value is 0.290. The van der Waals surface area contributed by atoms with Gasteiger partial charge in [-0.2, -0.15) is 0 Å². The minimum absolute atomic E-state index is 0.0521. The highest BCUT2D eigenvalue weighted by molar-refractivity contribution is 6.24. The number of hydrogen-bond donors (Lipinski definition) is 0. The van der Waals surface area contributed by atoms with Gasteiger partial charge in [0.15, 0.2) is 0 Å². The molecule has 0 spiro atoms. The summed E-state index contributed by atoms with van der Waals surface area (Å²) < 4.78 is 0. The van der Waals surface area contributed by atoms with Crippen LogP contribution >= 0.6 is 11.6 Å². The largest absolute Gasteiger partial charge is 0.119 e. The molecule has 1 atom stereocenters. The van der Waals surface area contributed by atoms with E-state index in [-0.39, 0.29) is 4.87 Å². The van der Waals surface area contributed by atoms with E-state index in [1.807, 2.05) is 0 Å². The Kier molecular flexibility index (Phi) is 4.29. The van der Waals surface area contributed by atoms with Gasteiger partial charge in [0.25, 0.3) is 0 Å². The third-order valence-corrected chi connectivity index (χ3v) is 1.71. The maximum atomic E-state index is 6.08. The van der Waals surface area contributed by atoms with Crippen LogP contribution in [0.3, 0.4) is 0 Å². The zero-order chi connectivity index (χ0) is 7.33. The molecule has 55 valence electrons. The van der Waals surface area contributed by atoms with Crippen molar-refractivity contribution in [2.24, 2.45) is 0 Å². The van der Waals surface area contributed by atoms with Crippen LogP contribution in [0.5, 0.6) is 0 Å². The Morgan fingerprint density at radius 3 is 2.33 bits per heavy atom. The van der Waals surface area contributed by atoms with Crippen LogP contribution in [0.15, 0.2) is 0 Å². The molecule has 0 heterocycles. The highest BCUT2D eigenvalue weighted by Gasteiger charge is 2.17. The third-order valence-electron chi connectivity index (χ3n) is 1.37. The molecule has 0 saturated carbocycles. The number of halogens is 1. The molecule has 9 heavy (non-hydrogen) atoms. The fourth-order valence-electron chi connectivity index (χ4n) is 1.02. The SMILES string of the molecule is CC[CH]C(C)(Cl)CCC. The molecule has 0 aliphatic carbocycles. The maximum Gasteiger partial charge on any atom is 0.0449 e. The molecular weight excluding hydrogens is 132 g/mol. The first-order valence-electron chi connectivity index (χ1n) is 3.65. The van der Waals surface area contributed by atoms with E-state index in [9.17, 15) is 0 Å². The molecule has 1 radical (unpaired) electrons. The van der Waals surface area contributed by atoms with Crippen molar-refractivity contribution in [3.05, 3.63) is 6.42 Å². The van der Waals surface area contributed by atoms with E-state index in [1.54, 1.807) is 0 Å². The van der Waals surface area contributed by atoms with Gasteiger partial charge in [-0.05, 0) is 19.8 Å². The fraction of sp³-hybridized carbons (Fsp3) is 0.875. The van der Waals surface area contributed by atoms with E-state index in [4.69, 9.17) is 11.6 Å². The minimum atomic E-state index is -0.0521. The molecule has 0 bridgehead atoms. The zero-order valence-corrected chi connectivity index (χ0v) is 7.33. The summed E-state index contributed by atoms with van der Waals surface area (Å²) in [7, 11) is 0. The van der Waals surface area contributed by atoms with Crippen molar-refractivity contribution in [2.75, 3.05) is 0 Å². The molecule has 0 nitrogen and oxygen atoms in total. The van der Waals surface area contributed by atoms with Gasteiger partial charge in [-0.1, -0.05) is 26.7 Å². The van der Waals surface area contributed by atoms with Crippen molar-refractivity contribution in [1.29, 1.82) is 0 Å². The van der Waals surface area contributed by atoms with Gasteiger partial charge < -0.3 is 0 Å². The number of hydrogen-bond acceptors (Lipinski definition) is 0. The first-order chi connectivity index (χ1) is 4.12. The maximum absolute atomic E-state index is 6.08. The van der Waals surface area contributed by atoms with E-state index in [1.165, 1.54) is 0 Å². The van der Waals surface area contributed by atoms with Gasteiger partial charge in [0.1, 0.15) is 0 Å². The van der Waals surface area contributed by atoms with Crippen molar-refractivity contribution in [3.8, 4) is 0 Å². The van der Waals surface area contributed by atoms with Crippen LogP contribution in [0.4, 0.5) is 0 Å². The lowest BCUT2D eigenvalue weighted by atomic mass is 10.00. The average molecular weight is 148 g/mol. The smallest absolute Gasteiger partial charge is 0.0449 e. The molecule has 0 fully saturated rings. The molecule has 0 aromatic carbocycles. The topological polar surface area (TPSA) is 0 Å². The lowest BCUT2D eigenvalue weighted by molar-refractivity contribution is 0.616. The summed E-state index contributed by atoms with van der Waals surface area (Å²) in [6.45, 7) is 6.35. The second-order valence-corrected chi connectivity index (χ2v) is 3.50. The van der Waals surface area contributed by atoms with Crippen LogP contribution in [0.1, 0.15) is 40.0 Å². The quantitative estimate of drug-likeness (QED) is 0.535. The van der Waals surface area contributed by atoms with Crippen molar-refractivity contribution < 1.29 is 0 Å². The van der Waals surface area contributed by atoms with Gasteiger partial charge in [0, 0.05) is 4.87 Å². The third kappa shape index (κ3) is 4.77. The Labute approximate surface area is 63.6 Å². The molecule has 0 aromatic rings. The van der Waals surface area contributed by atoms with Crippen LogP contribution in [0.2, 0.25) is 0 Å². The van der Waals surface area contributed by atoms with Gasteiger partial charge >= 0.3 is 0 Å². The van der Waals surface area contributed by atoms with E-state index in [2.05, 4.69) is 27.2 Å². The fourth-order valence-corrected chi connectivity index (χ4v) is 1.36. The first kappa shape index (κ1) is 9.29. The van der Waals surface area contributed by atoms with Crippen molar-refractivity contribution in [2.45, 2.75) is 44.9 Å². The van der Waals surface area contributed by atoms with E-state index < -0.39 is 0 Å². The highest BCUT2D eigenvalue weighted by Crippen LogP contribution is 2.25. The van der Waals surface area contributed by atoms with Crippen LogP contribution < -0.4 is 0 Å². The molecule has 0 rings (SSSR count). The molecule has 0 amide bonds. The van der Waals surface area contributed by atoms with Gasteiger partial charge in [0.05, 0.1) is 0 Å². The minimum Gasteiger partial charge on any atom is -0.119 e. The number of alkyl halides is 1. The molecule has 0 N–H and O–H groups in total. The predicted octanol–water partition coefficient (Wildman–Crippen LogP) is 3.40. The second-order valence-electron chi connectivity index (χ2n) is 2.64. The lowest BCUT2D eigenvalue weighted by Crippen LogP contribution is -2.15. The summed E-state index contributed by atoms with van der Waals surface area (Å²) in [5.74, 6) is 0. The standard InChI is InChI=1S/C8H16Cl/c1-4-6-8(3,9)7-5-2/h6H,4-5,7H2,1-3H3. The van der Waals surface area contributed by atoms with Crippen molar-refractivity contribution in [1.82, 2.24) is 0 Å². The van der Waals surface area contributed by atoms with E-state index in [0.29, 0.717) is 0 Å². The molecular formula is C8H16Cl. The van der Waals surface area contributed by atoms with Gasteiger partial charge in [-0.3, -0.25) is 0 Å². The molecule has 1 heteroatoms. The Morgan fingerprint density at radius 2 is 2.00 bits per heavy atom.